The van der Waals surface area contributed by atoms with Gasteiger partial charge in [-0.15, -0.1) is 0 Å². The number of nitrogens with one attached hydrogen (secondary N) is 1. The minimum Gasteiger partial charge on any atom is -0.399 e. The van der Waals surface area contributed by atoms with E-state index < -0.39 is 0 Å². The van der Waals surface area contributed by atoms with Crippen LogP contribution in [0.1, 0.15) is 6.92 Å². The number of anilines is 2. The maximum absolute atomic E-state index is 11.0. The first-order valence-electron chi connectivity index (χ1n) is 8.25. The molecule has 0 unspecified atom stereocenters. The Morgan fingerprint density at radius 1 is 0.667 bits per heavy atom. The van der Waals surface area contributed by atoms with Gasteiger partial charge in [0.05, 0.1) is 22.7 Å². The number of azo groups is 2. The van der Waals surface area contributed by atoms with Crippen LogP contribution in [0.15, 0.2) is 93.3 Å². The number of nitrogens with two attached hydrogens (primary N) is 1. The average Bonchev–Trinajstić information content (AvgIpc) is 2.67. The molecule has 3 N–H and O–H groups in total. The molecule has 7 heteroatoms. The lowest BCUT2D eigenvalue weighted by atomic mass is 10.3. The zero-order valence-corrected chi connectivity index (χ0v) is 14.7. The maximum atomic E-state index is 11.0. The van der Waals surface area contributed by atoms with Crippen molar-refractivity contribution in [2.24, 2.45) is 20.5 Å². The minimum atomic E-state index is -0.113. The largest absolute Gasteiger partial charge is 0.399 e. The number of carbonyl (C=O) groups excluding carboxylic acids is 1. The normalized spacial score (nSPS) is 11.1. The number of nitrogens with zero attached hydrogens (tertiary/aromatic N) is 4. The first kappa shape index (κ1) is 17.9. The zero-order valence-electron chi connectivity index (χ0n) is 14.7. The Kier molecular flexibility index (Phi) is 5.64. The molecule has 0 bridgehead atoms. The van der Waals surface area contributed by atoms with Crippen molar-refractivity contribution in [3.05, 3.63) is 72.8 Å². The van der Waals surface area contributed by atoms with Gasteiger partial charge in [0.1, 0.15) is 0 Å². The van der Waals surface area contributed by atoms with Gasteiger partial charge in [-0.25, -0.2) is 0 Å². The SMILES string of the molecule is CC(=O)Nc1ccc(N=Nc2ccc(N=Nc3ccc(N)cc3)cc2)cc1. The molecular formula is C20H18N6O. The van der Waals surface area contributed by atoms with E-state index in [1.165, 1.54) is 6.92 Å². The van der Waals surface area contributed by atoms with E-state index in [1.807, 2.05) is 24.3 Å². The highest BCUT2D eigenvalue weighted by atomic mass is 16.1. The van der Waals surface area contributed by atoms with Crippen LogP contribution in [-0.2, 0) is 4.79 Å². The van der Waals surface area contributed by atoms with Gasteiger partial charge in [-0.1, -0.05) is 0 Å². The van der Waals surface area contributed by atoms with Crippen molar-refractivity contribution in [3.63, 3.8) is 0 Å². The minimum absolute atomic E-state index is 0.113. The van der Waals surface area contributed by atoms with Crippen LogP contribution in [0.4, 0.5) is 34.1 Å². The summed E-state index contributed by atoms with van der Waals surface area (Å²) in [4.78, 5) is 11.0. The highest BCUT2D eigenvalue weighted by Crippen LogP contribution is 2.24. The van der Waals surface area contributed by atoms with E-state index in [9.17, 15) is 4.79 Å². The Morgan fingerprint density at radius 2 is 1.00 bits per heavy atom. The highest BCUT2D eigenvalue weighted by molar-refractivity contribution is 5.88. The second kappa shape index (κ2) is 8.48. The smallest absolute Gasteiger partial charge is 0.221 e. The Hall–Kier alpha value is -3.87. The second-order valence-corrected chi connectivity index (χ2v) is 5.74. The van der Waals surface area contributed by atoms with Crippen LogP contribution in [0.25, 0.3) is 0 Å². The van der Waals surface area contributed by atoms with Gasteiger partial charge in [-0.05, 0) is 72.8 Å². The predicted octanol–water partition coefficient (Wildman–Crippen LogP) is 6.06. The van der Waals surface area contributed by atoms with Gasteiger partial charge in [0.25, 0.3) is 0 Å². The van der Waals surface area contributed by atoms with Crippen molar-refractivity contribution in [2.75, 3.05) is 11.1 Å². The lowest BCUT2D eigenvalue weighted by Gasteiger charge is -2.01. The fourth-order valence-electron chi connectivity index (χ4n) is 2.17. The van der Waals surface area contributed by atoms with Crippen LogP contribution in [0, 0.1) is 0 Å². The fourth-order valence-corrected chi connectivity index (χ4v) is 2.17. The summed E-state index contributed by atoms with van der Waals surface area (Å²) < 4.78 is 0. The summed E-state index contributed by atoms with van der Waals surface area (Å²) in [7, 11) is 0. The molecule has 0 radical (unpaired) electrons. The molecular weight excluding hydrogens is 340 g/mol. The van der Waals surface area contributed by atoms with E-state index in [1.54, 1.807) is 48.5 Å². The average molecular weight is 358 g/mol. The summed E-state index contributed by atoms with van der Waals surface area (Å²) in [6, 6.07) is 21.5. The summed E-state index contributed by atoms with van der Waals surface area (Å²) in [5.41, 5.74) is 9.88. The Morgan fingerprint density at radius 3 is 1.37 bits per heavy atom. The number of hydrogen-bond acceptors (Lipinski definition) is 6. The molecule has 27 heavy (non-hydrogen) atoms. The van der Waals surface area contributed by atoms with Gasteiger partial charge in [0.15, 0.2) is 0 Å². The van der Waals surface area contributed by atoms with Gasteiger partial charge in [-0.2, -0.15) is 20.5 Å². The monoisotopic (exact) mass is 358 g/mol. The molecule has 134 valence electrons. The third-order valence-electron chi connectivity index (χ3n) is 3.49. The molecule has 3 rings (SSSR count). The van der Waals surface area contributed by atoms with Gasteiger partial charge in [-0.3, -0.25) is 4.79 Å². The second-order valence-electron chi connectivity index (χ2n) is 5.74. The molecule has 3 aromatic carbocycles. The topological polar surface area (TPSA) is 105 Å². The van der Waals surface area contributed by atoms with Crippen LogP contribution in [0.5, 0.6) is 0 Å². The molecule has 0 saturated carbocycles. The molecule has 0 fully saturated rings. The number of rotatable bonds is 5. The number of amides is 1. The predicted molar refractivity (Wildman–Crippen MR) is 106 cm³/mol. The number of nitrogen functional groups attached to an aromatic ring is 1. The van der Waals surface area contributed by atoms with E-state index in [0.29, 0.717) is 22.7 Å². The molecule has 0 atom stereocenters. The standard InChI is InChI=1S/C20H18N6O/c1-14(27)22-16-6-8-18(9-7-16)24-26-20-12-10-19(11-13-20)25-23-17-4-2-15(21)3-5-17/h2-13H,21H2,1H3,(H,22,27). The number of benzene rings is 3. The van der Waals surface area contributed by atoms with Crippen molar-refractivity contribution in [1.82, 2.24) is 0 Å². The summed E-state index contributed by atoms with van der Waals surface area (Å²) >= 11 is 0. The van der Waals surface area contributed by atoms with Crippen LogP contribution in [-0.4, -0.2) is 5.91 Å². The molecule has 0 spiro atoms. The summed E-state index contributed by atoms with van der Waals surface area (Å²) in [6.45, 7) is 1.46. The van der Waals surface area contributed by atoms with Crippen LogP contribution in [0.3, 0.4) is 0 Å². The maximum Gasteiger partial charge on any atom is 0.221 e. The third-order valence-corrected chi connectivity index (χ3v) is 3.49. The lowest BCUT2D eigenvalue weighted by Crippen LogP contribution is -2.04. The Labute approximate surface area is 156 Å². The third kappa shape index (κ3) is 5.57. The van der Waals surface area contributed by atoms with Crippen molar-refractivity contribution in [1.29, 1.82) is 0 Å². The van der Waals surface area contributed by atoms with E-state index >= 15 is 0 Å². The molecule has 1 amide bonds. The Balaban J connectivity index is 1.62. The van der Waals surface area contributed by atoms with E-state index in [4.69, 9.17) is 5.73 Å². The molecule has 0 aliphatic carbocycles. The van der Waals surface area contributed by atoms with E-state index in [2.05, 4.69) is 25.8 Å². The summed E-state index contributed by atoms with van der Waals surface area (Å²) in [5, 5.41) is 19.4. The number of carbonyl (C=O) groups is 1. The van der Waals surface area contributed by atoms with Crippen molar-refractivity contribution in [3.8, 4) is 0 Å². The van der Waals surface area contributed by atoms with Gasteiger partial charge in [0, 0.05) is 18.3 Å². The summed E-state index contributed by atoms with van der Waals surface area (Å²) in [6.07, 6.45) is 0. The highest BCUT2D eigenvalue weighted by Gasteiger charge is 1.97. The van der Waals surface area contributed by atoms with Gasteiger partial charge < -0.3 is 11.1 Å². The van der Waals surface area contributed by atoms with E-state index in [-0.39, 0.29) is 5.91 Å². The number of hydrogen-bond donors (Lipinski definition) is 2. The van der Waals surface area contributed by atoms with Crippen LogP contribution >= 0.6 is 0 Å². The molecule has 0 aliphatic heterocycles. The zero-order chi connectivity index (χ0) is 19.1. The molecule has 0 aromatic heterocycles. The molecule has 0 aliphatic rings. The van der Waals surface area contributed by atoms with Crippen molar-refractivity contribution in [2.45, 2.75) is 6.92 Å². The van der Waals surface area contributed by atoms with Crippen LogP contribution in [0.2, 0.25) is 0 Å². The molecule has 0 saturated heterocycles. The molecule has 0 heterocycles. The van der Waals surface area contributed by atoms with E-state index in [0.717, 1.165) is 11.4 Å². The summed E-state index contributed by atoms with van der Waals surface area (Å²) in [5.74, 6) is -0.113. The quantitative estimate of drug-likeness (QED) is 0.427. The van der Waals surface area contributed by atoms with Crippen molar-refractivity contribution < 1.29 is 4.79 Å². The first-order valence-corrected chi connectivity index (χ1v) is 8.25. The first-order chi connectivity index (χ1) is 13.1. The Bertz CT molecular complexity index is 961. The molecule has 7 nitrogen and oxygen atoms in total. The van der Waals surface area contributed by atoms with Crippen molar-refractivity contribution >= 4 is 40.0 Å². The fraction of sp³-hybridized carbons (Fsp3) is 0.0500. The molecule has 3 aromatic rings. The lowest BCUT2D eigenvalue weighted by molar-refractivity contribution is -0.114. The van der Waals surface area contributed by atoms with Gasteiger partial charge >= 0.3 is 0 Å². The van der Waals surface area contributed by atoms with Crippen LogP contribution < -0.4 is 11.1 Å². The van der Waals surface area contributed by atoms with Gasteiger partial charge in [0.2, 0.25) is 5.91 Å².